The van der Waals surface area contributed by atoms with E-state index in [0.29, 0.717) is 0 Å². The zero-order valence-corrected chi connectivity index (χ0v) is 11.2. The van der Waals surface area contributed by atoms with Gasteiger partial charge >= 0.3 is 0 Å². The highest BCUT2D eigenvalue weighted by molar-refractivity contribution is 7.96. The Balaban J connectivity index is 2.33. The standard InChI is InChI=1S/C13H22N2S/c1-4-6-7-8-13(3)14-9-11-15(12-10-14)16-5-2/h4,6-8H,3,5,9-12H2,1-2H3/b6-4-,8-7-. The van der Waals surface area contributed by atoms with Crippen LogP contribution in [0.15, 0.2) is 36.6 Å². The third-order valence-corrected chi connectivity index (χ3v) is 3.54. The molecule has 0 aromatic rings. The van der Waals surface area contributed by atoms with Crippen LogP contribution in [-0.4, -0.2) is 41.1 Å². The summed E-state index contributed by atoms with van der Waals surface area (Å²) >= 11 is 1.94. The van der Waals surface area contributed by atoms with Crippen molar-refractivity contribution in [1.29, 1.82) is 0 Å². The van der Waals surface area contributed by atoms with E-state index in [1.807, 2.05) is 31.0 Å². The van der Waals surface area contributed by atoms with Crippen molar-refractivity contribution in [3.05, 3.63) is 36.6 Å². The van der Waals surface area contributed by atoms with Crippen molar-refractivity contribution in [3.63, 3.8) is 0 Å². The summed E-state index contributed by atoms with van der Waals surface area (Å²) < 4.78 is 2.44. The molecule has 2 nitrogen and oxygen atoms in total. The number of nitrogens with zero attached hydrogens (tertiary/aromatic N) is 2. The van der Waals surface area contributed by atoms with E-state index >= 15 is 0 Å². The van der Waals surface area contributed by atoms with E-state index < -0.39 is 0 Å². The average Bonchev–Trinajstić information content (AvgIpc) is 2.30. The predicted octanol–water partition coefficient (Wildman–Crippen LogP) is 2.92. The Morgan fingerprint density at radius 3 is 2.50 bits per heavy atom. The van der Waals surface area contributed by atoms with Crippen LogP contribution in [-0.2, 0) is 0 Å². The second-order valence-corrected chi connectivity index (χ2v) is 5.06. The predicted molar refractivity (Wildman–Crippen MR) is 74.4 cm³/mol. The topological polar surface area (TPSA) is 6.48 Å². The summed E-state index contributed by atoms with van der Waals surface area (Å²) in [7, 11) is 0. The number of rotatable bonds is 5. The fourth-order valence-electron chi connectivity index (χ4n) is 1.67. The lowest BCUT2D eigenvalue weighted by molar-refractivity contribution is 0.247. The van der Waals surface area contributed by atoms with Crippen molar-refractivity contribution in [2.45, 2.75) is 13.8 Å². The first-order chi connectivity index (χ1) is 7.77. The highest BCUT2D eigenvalue weighted by Gasteiger charge is 2.16. The quantitative estimate of drug-likeness (QED) is 0.537. The molecule has 0 aromatic carbocycles. The van der Waals surface area contributed by atoms with Gasteiger partial charge in [0.25, 0.3) is 0 Å². The lowest BCUT2D eigenvalue weighted by Gasteiger charge is -2.35. The zero-order valence-electron chi connectivity index (χ0n) is 10.4. The highest BCUT2D eigenvalue weighted by Crippen LogP contribution is 2.15. The Morgan fingerprint density at radius 2 is 1.94 bits per heavy atom. The van der Waals surface area contributed by atoms with Gasteiger partial charge in [0.15, 0.2) is 0 Å². The lowest BCUT2D eigenvalue weighted by Crippen LogP contribution is -2.42. The van der Waals surface area contributed by atoms with Gasteiger partial charge in [-0.05, 0) is 13.0 Å². The monoisotopic (exact) mass is 238 g/mol. The summed E-state index contributed by atoms with van der Waals surface area (Å²) in [5.74, 6) is 1.17. The zero-order chi connectivity index (χ0) is 11.8. The van der Waals surface area contributed by atoms with Crippen molar-refractivity contribution in [1.82, 2.24) is 9.21 Å². The van der Waals surface area contributed by atoms with E-state index in [9.17, 15) is 0 Å². The summed E-state index contributed by atoms with van der Waals surface area (Å²) in [6.45, 7) is 12.8. The van der Waals surface area contributed by atoms with E-state index in [1.54, 1.807) is 0 Å². The SMILES string of the molecule is C=C(/C=C\C=C/C)N1CCN(SCC)CC1. The molecule has 0 saturated carbocycles. The first-order valence-corrected chi connectivity index (χ1v) is 6.83. The average molecular weight is 238 g/mol. The third kappa shape index (κ3) is 4.45. The summed E-state index contributed by atoms with van der Waals surface area (Å²) in [5.41, 5.74) is 1.12. The molecule has 16 heavy (non-hydrogen) atoms. The molecule has 1 heterocycles. The minimum atomic E-state index is 1.09. The lowest BCUT2D eigenvalue weighted by atomic mass is 10.3. The molecule has 0 unspecified atom stereocenters. The van der Waals surface area contributed by atoms with Crippen LogP contribution in [0.4, 0.5) is 0 Å². The Labute approximate surface area is 104 Å². The van der Waals surface area contributed by atoms with Crippen LogP contribution in [0.5, 0.6) is 0 Å². The first-order valence-electron chi connectivity index (χ1n) is 5.89. The molecule has 3 heteroatoms. The minimum Gasteiger partial charge on any atom is -0.369 e. The number of allylic oxidation sites excluding steroid dienone is 4. The third-order valence-electron chi connectivity index (χ3n) is 2.55. The fourth-order valence-corrected chi connectivity index (χ4v) is 2.46. The van der Waals surface area contributed by atoms with Crippen LogP contribution in [0.3, 0.4) is 0 Å². The van der Waals surface area contributed by atoms with Gasteiger partial charge in [-0.25, -0.2) is 4.31 Å². The summed E-state index contributed by atoms with van der Waals surface area (Å²) in [6.07, 6.45) is 8.20. The molecule has 0 aliphatic carbocycles. The maximum absolute atomic E-state index is 4.10. The Kier molecular flexibility index (Phi) is 6.34. The van der Waals surface area contributed by atoms with Crippen LogP contribution in [0.1, 0.15) is 13.8 Å². The molecule has 1 saturated heterocycles. The second kappa shape index (κ2) is 7.58. The molecule has 0 radical (unpaired) electrons. The van der Waals surface area contributed by atoms with Crippen LogP contribution in [0, 0.1) is 0 Å². The van der Waals surface area contributed by atoms with Crippen molar-refractivity contribution >= 4 is 11.9 Å². The molecule has 0 bridgehead atoms. The maximum Gasteiger partial charge on any atom is 0.0315 e. The Bertz CT molecular complexity index is 263. The van der Waals surface area contributed by atoms with Gasteiger partial charge in [0.1, 0.15) is 0 Å². The molecule has 0 atom stereocenters. The fraction of sp³-hybridized carbons (Fsp3) is 0.538. The van der Waals surface area contributed by atoms with E-state index in [-0.39, 0.29) is 0 Å². The van der Waals surface area contributed by atoms with E-state index in [1.165, 1.54) is 5.75 Å². The molecule has 90 valence electrons. The number of hydrogen-bond acceptors (Lipinski definition) is 3. The molecule has 1 rings (SSSR count). The Hall–Kier alpha value is -0.670. The normalized spacial score (nSPS) is 18.8. The van der Waals surface area contributed by atoms with Gasteiger partial charge in [0.2, 0.25) is 0 Å². The largest absolute Gasteiger partial charge is 0.369 e. The van der Waals surface area contributed by atoms with Gasteiger partial charge in [-0.1, -0.05) is 43.7 Å². The second-order valence-electron chi connectivity index (χ2n) is 3.71. The van der Waals surface area contributed by atoms with Crippen LogP contribution in [0.2, 0.25) is 0 Å². The molecule has 1 fully saturated rings. The van der Waals surface area contributed by atoms with Crippen molar-refractivity contribution in [2.24, 2.45) is 0 Å². The molecule has 1 aliphatic heterocycles. The number of piperazine rings is 1. The van der Waals surface area contributed by atoms with E-state index in [4.69, 9.17) is 0 Å². The van der Waals surface area contributed by atoms with Crippen molar-refractivity contribution in [2.75, 3.05) is 31.9 Å². The maximum atomic E-state index is 4.10. The van der Waals surface area contributed by atoms with E-state index in [2.05, 4.69) is 34.9 Å². The van der Waals surface area contributed by atoms with Gasteiger partial charge in [0.05, 0.1) is 0 Å². The molecule has 0 aromatic heterocycles. The first kappa shape index (κ1) is 13.4. The van der Waals surface area contributed by atoms with Crippen molar-refractivity contribution in [3.8, 4) is 0 Å². The van der Waals surface area contributed by atoms with Crippen molar-refractivity contribution < 1.29 is 0 Å². The highest BCUT2D eigenvalue weighted by atomic mass is 32.2. The van der Waals surface area contributed by atoms with Gasteiger partial charge < -0.3 is 4.90 Å². The van der Waals surface area contributed by atoms with Crippen LogP contribution in [0.25, 0.3) is 0 Å². The molecule has 0 spiro atoms. The number of hydrogen-bond donors (Lipinski definition) is 0. The van der Waals surface area contributed by atoms with Gasteiger partial charge in [0, 0.05) is 37.6 Å². The Morgan fingerprint density at radius 1 is 1.25 bits per heavy atom. The van der Waals surface area contributed by atoms with Gasteiger partial charge in [-0.3, -0.25) is 0 Å². The minimum absolute atomic E-state index is 1.09. The molecular formula is C13H22N2S. The molecule has 1 aliphatic rings. The van der Waals surface area contributed by atoms with Gasteiger partial charge in [-0.15, -0.1) is 0 Å². The summed E-state index contributed by atoms with van der Waals surface area (Å²) in [4.78, 5) is 2.35. The molecule has 0 amide bonds. The van der Waals surface area contributed by atoms with Crippen LogP contribution >= 0.6 is 11.9 Å². The summed E-state index contributed by atoms with van der Waals surface area (Å²) in [5, 5.41) is 0. The van der Waals surface area contributed by atoms with Crippen LogP contribution < -0.4 is 0 Å². The molecule has 0 N–H and O–H groups in total. The van der Waals surface area contributed by atoms with Gasteiger partial charge in [-0.2, -0.15) is 0 Å². The molecular weight excluding hydrogens is 216 g/mol. The summed E-state index contributed by atoms with van der Waals surface area (Å²) in [6, 6.07) is 0. The van der Waals surface area contributed by atoms with E-state index in [0.717, 1.165) is 31.9 Å². The smallest absolute Gasteiger partial charge is 0.0315 e.